The molecule has 1 N–H and O–H groups in total. The number of hydrogen-bond donors (Lipinski definition) is 1. The summed E-state index contributed by atoms with van der Waals surface area (Å²) in [5.41, 5.74) is 2.52. The fraction of sp³-hybridized carbons (Fsp3) is 0.350. The number of carbonyl (C=O) groups is 1. The molecular weight excluding hydrogens is 458 g/mol. The first-order chi connectivity index (χ1) is 13.8. The van der Waals surface area contributed by atoms with E-state index in [1.165, 1.54) is 0 Å². The molecule has 156 valence electrons. The third kappa shape index (κ3) is 6.19. The van der Waals surface area contributed by atoms with Crippen molar-refractivity contribution in [2.24, 2.45) is 0 Å². The predicted molar refractivity (Wildman–Crippen MR) is 118 cm³/mol. The number of hydrogen-bond acceptors (Lipinski definition) is 5. The van der Waals surface area contributed by atoms with Crippen LogP contribution in [0.4, 0.5) is 11.4 Å². The zero-order valence-corrected chi connectivity index (χ0v) is 18.6. The summed E-state index contributed by atoms with van der Waals surface area (Å²) in [6, 6.07) is 14.8. The van der Waals surface area contributed by atoms with Gasteiger partial charge >= 0.3 is 0 Å². The highest BCUT2D eigenvalue weighted by molar-refractivity contribution is 9.10. The van der Waals surface area contributed by atoms with E-state index in [1.54, 1.807) is 24.3 Å². The Hall–Kier alpha value is -2.10. The Labute approximate surface area is 179 Å². The Morgan fingerprint density at radius 3 is 2.31 bits per heavy atom. The van der Waals surface area contributed by atoms with Crippen molar-refractivity contribution >= 4 is 43.2 Å². The van der Waals surface area contributed by atoms with Gasteiger partial charge in [0.05, 0.1) is 25.2 Å². The van der Waals surface area contributed by atoms with Crippen molar-refractivity contribution < 1.29 is 17.9 Å². The molecule has 2 aromatic rings. The number of carbonyl (C=O) groups excluding carboxylic acids is 1. The summed E-state index contributed by atoms with van der Waals surface area (Å²) >= 11 is 3.32. The summed E-state index contributed by atoms with van der Waals surface area (Å²) in [5.74, 6) is -0.365. The van der Waals surface area contributed by atoms with E-state index in [-0.39, 0.29) is 12.5 Å². The molecule has 0 atom stereocenters. The van der Waals surface area contributed by atoms with E-state index in [1.807, 2.05) is 24.3 Å². The summed E-state index contributed by atoms with van der Waals surface area (Å²) in [5, 5.41) is 2.79. The standard InChI is InChI=1S/C20H24BrN3O4S/c1-29(26,27)24(19-8-4-17(21)5-9-19)15-20(25)22-14-16-2-6-18(7-3-16)23-10-12-28-13-11-23/h2-9H,10-15H2,1H3,(H,22,25). The molecule has 3 rings (SSSR count). The van der Waals surface area contributed by atoms with Crippen LogP contribution < -0.4 is 14.5 Å². The first-order valence-corrected chi connectivity index (χ1v) is 11.9. The number of amides is 1. The van der Waals surface area contributed by atoms with Gasteiger partial charge in [-0.05, 0) is 42.0 Å². The largest absolute Gasteiger partial charge is 0.378 e. The number of sulfonamides is 1. The van der Waals surface area contributed by atoms with E-state index >= 15 is 0 Å². The number of benzene rings is 2. The highest BCUT2D eigenvalue weighted by Gasteiger charge is 2.20. The second-order valence-electron chi connectivity index (χ2n) is 6.79. The predicted octanol–water partition coefficient (Wildman–Crippen LogP) is 2.37. The molecule has 1 saturated heterocycles. The maximum Gasteiger partial charge on any atom is 0.241 e. The van der Waals surface area contributed by atoms with Gasteiger partial charge in [0.1, 0.15) is 6.54 Å². The van der Waals surface area contributed by atoms with Crippen LogP contribution in [0.1, 0.15) is 5.56 Å². The number of morpholine rings is 1. The molecule has 0 bridgehead atoms. The Morgan fingerprint density at radius 2 is 1.72 bits per heavy atom. The Balaban J connectivity index is 1.58. The van der Waals surface area contributed by atoms with E-state index in [4.69, 9.17) is 4.74 Å². The molecule has 1 aliphatic rings. The third-order valence-corrected chi connectivity index (χ3v) is 6.27. The van der Waals surface area contributed by atoms with Gasteiger partial charge in [-0.3, -0.25) is 9.10 Å². The van der Waals surface area contributed by atoms with Crippen molar-refractivity contribution in [1.82, 2.24) is 5.32 Å². The van der Waals surface area contributed by atoms with E-state index in [0.717, 1.165) is 52.6 Å². The van der Waals surface area contributed by atoms with Crippen molar-refractivity contribution in [2.45, 2.75) is 6.54 Å². The molecule has 2 aromatic carbocycles. The Kier molecular flexibility index (Phi) is 7.15. The van der Waals surface area contributed by atoms with Crippen LogP contribution >= 0.6 is 15.9 Å². The molecule has 7 nitrogen and oxygen atoms in total. The second kappa shape index (κ2) is 9.60. The van der Waals surface area contributed by atoms with Gasteiger partial charge in [-0.15, -0.1) is 0 Å². The van der Waals surface area contributed by atoms with E-state index < -0.39 is 10.0 Å². The quantitative estimate of drug-likeness (QED) is 0.656. The first-order valence-electron chi connectivity index (χ1n) is 9.24. The summed E-state index contributed by atoms with van der Waals surface area (Å²) in [6.07, 6.45) is 1.09. The summed E-state index contributed by atoms with van der Waals surface area (Å²) in [4.78, 5) is 14.6. The average molecular weight is 482 g/mol. The molecule has 0 radical (unpaired) electrons. The van der Waals surface area contributed by atoms with E-state index in [9.17, 15) is 13.2 Å². The van der Waals surface area contributed by atoms with Crippen LogP contribution in [0.25, 0.3) is 0 Å². The molecule has 1 amide bonds. The van der Waals surface area contributed by atoms with Crippen molar-refractivity contribution in [2.75, 3.05) is 48.3 Å². The van der Waals surface area contributed by atoms with Gasteiger partial charge in [0.25, 0.3) is 0 Å². The van der Waals surface area contributed by atoms with Gasteiger partial charge in [-0.25, -0.2) is 8.42 Å². The number of halogens is 1. The van der Waals surface area contributed by atoms with Gasteiger partial charge < -0.3 is 15.0 Å². The van der Waals surface area contributed by atoms with Gasteiger partial charge in [0, 0.05) is 29.8 Å². The zero-order chi connectivity index (χ0) is 20.9. The van der Waals surface area contributed by atoms with Crippen molar-refractivity contribution in [3.05, 3.63) is 58.6 Å². The molecule has 0 aromatic heterocycles. The number of rotatable bonds is 7. The number of nitrogens with one attached hydrogen (secondary N) is 1. The summed E-state index contributed by atoms with van der Waals surface area (Å²) in [6.45, 7) is 3.26. The minimum absolute atomic E-state index is 0.272. The first kappa shape index (κ1) is 21.6. The minimum Gasteiger partial charge on any atom is -0.378 e. The lowest BCUT2D eigenvalue weighted by Gasteiger charge is -2.29. The molecule has 0 aliphatic carbocycles. The molecule has 1 aliphatic heterocycles. The van der Waals surface area contributed by atoms with Crippen LogP contribution in [-0.4, -0.2) is 53.4 Å². The molecule has 29 heavy (non-hydrogen) atoms. The topological polar surface area (TPSA) is 79.0 Å². The number of anilines is 2. The monoisotopic (exact) mass is 481 g/mol. The van der Waals surface area contributed by atoms with Crippen LogP contribution in [0.5, 0.6) is 0 Å². The van der Waals surface area contributed by atoms with Crippen molar-refractivity contribution in [1.29, 1.82) is 0 Å². The third-order valence-electron chi connectivity index (χ3n) is 4.60. The van der Waals surface area contributed by atoms with Crippen molar-refractivity contribution in [3.8, 4) is 0 Å². The minimum atomic E-state index is -3.59. The fourth-order valence-electron chi connectivity index (χ4n) is 3.04. The van der Waals surface area contributed by atoms with Crippen LogP contribution in [0, 0.1) is 0 Å². The maximum absolute atomic E-state index is 12.4. The van der Waals surface area contributed by atoms with Crippen LogP contribution in [-0.2, 0) is 26.1 Å². The van der Waals surface area contributed by atoms with Gasteiger partial charge in [0.15, 0.2) is 0 Å². The lowest BCUT2D eigenvalue weighted by molar-refractivity contribution is -0.119. The van der Waals surface area contributed by atoms with Crippen LogP contribution in [0.3, 0.4) is 0 Å². The van der Waals surface area contributed by atoms with Crippen LogP contribution in [0.2, 0.25) is 0 Å². The highest BCUT2D eigenvalue weighted by Crippen LogP contribution is 2.20. The Morgan fingerprint density at radius 1 is 1.10 bits per heavy atom. The lowest BCUT2D eigenvalue weighted by atomic mass is 10.2. The summed E-state index contributed by atoms with van der Waals surface area (Å²) < 4.78 is 31.6. The molecule has 0 saturated carbocycles. The molecule has 1 heterocycles. The number of nitrogens with zero attached hydrogens (tertiary/aromatic N) is 2. The smallest absolute Gasteiger partial charge is 0.241 e. The van der Waals surface area contributed by atoms with Gasteiger partial charge in [-0.1, -0.05) is 28.1 Å². The molecule has 0 unspecified atom stereocenters. The zero-order valence-electron chi connectivity index (χ0n) is 16.2. The van der Waals surface area contributed by atoms with E-state index in [2.05, 4.69) is 26.1 Å². The molecule has 9 heteroatoms. The molecule has 0 spiro atoms. The fourth-order valence-corrected chi connectivity index (χ4v) is 4.16. The lowest BCUT2D eigenvalue weighted by Crippen LogP contribution is -2.40. The second-order valence-corrected chi connectivity index (χ2v) is 9.61. The van der Waals surface area contributed by atoms with Gasteiger partial charge in [0.2, 0.25) is 15.9 Å². The molecule has 1 fully saturated rings. The SMILES string of the molecule is CS(=O)(=O)N(CC(=O)NCc1ccc(N2CCOCC2)cc1)c1ccc(Br)cc1. The number of ether oxygens (including phenoxy) is 1. The normalized spacial score (nSPS) is 14.5. The average Bonchev–Trinajstić information content (AvgIpc) is 2.71. The summed E-state index contributed by atoms with van der Waals surface area (Å²) in [7, 11) is -3.59. The highest BCUT2D eigenvalue weighted by atomic mass is 79.9. The molecular formula is C20H24BrN3O4S. The van der Waals surface area contributed by atoms with Crippen molar-refractivity contribution in [3.63, 3.8) is 0 Å². The van der Waals surface area contributed by atoms with Crippen LogP contribution in [0.15, 0.2) is 53.0 Å². The van der Waals surface area contributed by atoms with E-state index in [0.29, 0.717) is 12.2 Å². The maximum atomic E-state index is 12.4. The Bertz CT molecular complexity index is 927. The van der Waals surface area contributed by atoms with Gasteiger partial charge in [-0.2, -0.15) is 0 Å².